The van der Waals surface area contributed by atoms with Crippen LogP contribution in [0.15, 0.2) is 24.3 Å². The zero-order valence-corrected chi connectivity index (χ0v) is 12.4. The minimum Gasteiger partial charge on any atom is -0.385 e. The van der Waals surface area contributed by atoms with Gasteiger partial charge in [0.2, 0.25) is 5.91 Å². The quantitative estimate of drug-likeness (QED) is 0.394. The van der Waals surface area contributed by atoms with Crippen LogP contribution in [0.2, 0.25) is 0 Å². The number of benzene rings is 1. The Morgan fingerprint density at radius 1 is 1.14 bits per heavy atom. The van der Waals surface area contributed by atoms with Crippen molar-refractivity contribution < 1.29 is 9.72 Å². The third kappa shape index (κ3) is 7.29. The number of nitro benzene ring substituents is 1. The number of hydrogen-bond acceptors (Lipinski definition) is 4. The molecule has 1 amide bonds. The van der Waals surface area contributed by atoms with Crippen molar-refractivity contribution in [3.8, 4) is 0 Å². The highest BCUT2D eigenvalue weighted by atomic mass is 16.6. The van der Waals surface area contributed by atoms with Gasteiger partial charge < -0.3 is 10.6 Å². The third-order valence-electron chi connectivity index (χ3n) is 3.09. The number of unbranched alkanes of at least 4 members (excludes halogenated alkanes) is 2. The second-order valence-corrected chi connectivity index (χ2v) is 4.89. The van der Waals surface area contributed by atoms with Crippen molar-refractivity contribution in [3.05, 3.63) is 34.4 Å². The number of rotatable bonds is 10. The summed E-state index contributed by atoms with van der Waals surface area (Å²) < 4.78 is 0. The molecule has 0 atom stereocenters. The fourth-order valence-electron chi connectivity index (χ4n) is 1.84. The average Bonchev–Trinajstić information content (AvgIpc) is 2.49. The second-order valence-electron chi connectivity index (χ2n) is 4.89. The number of carbonyl (C=O) groups excluding carboxylic acids is 1. The fraction of sp³-hybridized carbons (Fsp3) is 0.533. The predicted molar refractivity (Wildman–Crippen MR) is 83.4 cm³/mol. The molecule has 0 fully saturated rings. The van der Waals surface area contributed by atoms with Crippen LogP contribution in [-0.2, 0) is 4.79 Å². The van der Waals surface area contributed by atoms with Crippen molar-refractivity contribution in [1.82, 2.24) is 5.32 Å². The van der Waals surface area contributed by atoms with Gasteiger partial charge in [0, 0.05) is 37.3 Å². The molecule has 0 radical (unpaired) electrons. The lowest BCUT2D eigenvalue weighted by Crippen LogP contribution is -2.24. The average molecular weight is 293 g/mol. The molecule has 0 spiro atoms. The molecule has 6 heteroatoms. The number of carbonyl (C=O) groups is 1. The van der Waals surface area contributed by atoms with Crippen molar-refractivity contribution in [2.24, 2.45) is 0 Å². The summed E-state index contributed by atoms with van der Waals surface area (Å²) in [6.07, 6.45) is 4.43. The van der Waals surface area contributed by atoms with Gasteiger partial charge in [0.05, 0.1) is 4.92 Å². The lowest BCUT2D eigenvalue weighted by molar-refractivity contribution is -0.384. The van der Waals surface area contributed by atoms with Gasteiger partial charge in [-0.1, -0.05) is 13.3 Å². The van der Waals surface area contributed by atoms with Crippen LogP contribution in [0.4, 0.5) is 11.4 Å². The maximum Gasteiger partial charge on any atom is 0.269 e. The lowest BCUT2D eigenvalue weighted by atomic mass is 10.2. The molecular weight excluding hydrogens is 270 g/mol. The zero-order chi connectivity index (χ0) is 15.5. The van der Waals surface area contributed by atoms with Crippen molar-refractivity contribution in [2.75, 3.05) is 18.4 Å². The number of nitrogens with one attached hydrogen (secondary N) is 2. The van der Waals surface area contributed by atoms with Crippen LogP contribution in [0.3, 0.4) is 0 Å². The molecule has 21 heavy (non-hydrogen) atoms. The van der Waals surface area contributed by atoms with E-state index in [1.165, 1.54) is 12.1 Å². The molecule has 0 unspecified atom stereocenters. The van der Waals surface area contributed by atoms with E-state index in [1.807, 2.05) is 0 Å². The molecule has 0 aromatic heterocycles. The van der Waals surface area contributed by atoms with Crippen LogP contribution in [0.25, 0.3) is 0 Å². The molecule has 0 saturated carbocycles. The summed E-state index contributed by atoms with van der Waals surface area (Å²) in [5, 5.41) is 16.6. The molecule has 6 nitrogen and oxygen atoms in total. The summed E-state index contributed by atoms with van der Waals surface area (Å²) in [6, 6.07) is 6.36. The van der Waals surface area contributed by atoms with Gasteiger partial charge in [0.1, 0.15) is 0 Å². The van der Waals surface area contributed by atoms with Crippen molar-refractivity contribution in [3.63, 3.8) is 0 Å². The van der Waals surface area contributed by atoms with Crippen LogP contribution >= 0.6 is 0 Å². The summed E-state index contributed by atoms with van der Waals surface area (Å²) in [5.41, 5.74) is 0.961. The number of anilines is 1. The van der Waals surface area contributed by atoms with E-state index in [2.05, 4.69) is 17.6 Å². The number of amides is 1. The number of nitrogens with zero attached hydrogens (tertiary/aromatic N) is 1. The Morgan fingerprint density at radius 3 is 2.43 bits per heavy atom. The molecule has 0 aliphatic heterocycles. The SMILES string of the molecule is CCCCC(=O)NCCCCNc1ccc([N+](=O)[O-])cc1. The first-order chi connectivity index (χ1) is 10.1. The first kappa shape index (κ1) is 16.9. The topological polar surface area (TPSA) is 84.3 Å². The van der Waals surface area contributed by atoms with E-state index in [1.54, 1.807) is 12.1 Å². The molecule has 1 aromatic rings. The van der Waals surface area contributed by atoms with Gasteiger partial charge in [0.15, 0.2) is 0 Å². The van der Waals surface area contributed by atoms with E-state index in [9.17, 15) is 14.9 Å². The summed E-state index contributed by atoms with van der Waals surface area (Å²) in [7, 11) is 0. The minimum atomic E-state index is -0.412. The number of non-ortho nitro benzene ring substituents is 1. The highest BCUT2D eigenvalue weighted by molar-refractivity contribution is 5.75. The summed E-state index contributed by atoms with van der Waals surface area (Å²) in [6.45, 7) is 3.55. The maximum atomic E-state index is 11.4. The van der Waals surface area contributed by atoms with Gasteiger partial charge in [-0.15, -0.1) is 0 Å². The van der Waals surface area contributed by atoms with E-state index in [-0.39, 0.29) is 11.6 Å². The summed E-state index contributed by atoms with van der Waals surface area (Å²) in [4.78, 5) is 21.5. The van der Waals surface area contributed by atoms with Gasteiger partial charge in [-0.05, 0) is 31.4 Å². The molecule has 0 bridgehead atoms. The van der Waals surface area contributed by atoms with Gasteiger partial charge in [-0.2, -0.15) is 0 Å². The molecule has 0 heterocycles. The third-order valence-corrected chi connectivity index (χ3v) is 3.09. The van der Waals surface area contributed by atoms with Crippen LogP contribution in [0, 0.1) is 10.1 Å². The lowest BCUT2D eigenvalue weighted by Gasteiger charge is -2.07. The van der Waals surface area contributed by atoms with Crippen molar-refractivity contribution in [1.29, 1.82) is 0 Å². The minimum absolute atomic E-state index is 0.0929. The van der Waals surface area contributed by atoms with Gasteiger partial charge in [-0.25, -0.2) is 0 Å². The molecule has 2 N–H and O–H groups in total. The van der Waals surface area contributed by atoms with Crippen LogP contribution in [-0.4, -0.2) is 23.9 Å². The van der Waals surface area contributed by atoms with Crippen LogP contribution in [0.1, 0.15) is 39.0 Å². The van der Waals surface area contributed by atoms with Gasteiger partial charge in [-0.3, -0.25) is 14.9 Å². The number of nitro groups is 1. The molecule has 116 valence electrons. The molecule has 0 saturated heterocycles. The molecule has 1 rings (SSSR count). The monoisotopic (exact) mass is 293 g/mol. The van der Waals surface area contributed by atoms with E-state index in [0.717, 1.165) is 37.9 Å². The largest absolute Gasteiger partial charge is 0.385 e. The smallest absolute Gasteiger partial charge is 0.269 e. The Hall–Kier alpha value is -2.11. The van der Waals surface area contributed by atoms with Crippen LogP contribution < -0.4 is 10.6 Å². The Labute approximate surface area is 125 Å². The Balaban J connectivity index is 2.09. The van der Waals surface area contributed by atoms with E-state index < -0.39 is 4.92 Å². The molecular formula is C15H23N3O3. The van der Waals surface area contributed by atoms with Gasteiger partial charge in [0.25, 0.3) is 5.69 Å². The van der Waals surface area contributed by atoms with Crippen molar-refractivity contribution >= 4 is 17.3 Å². The Kier molecular flexibility index (Phi) is 7.86. The van der Waals surface area contributed by atoms with Crippen molar-refractivity contribution in [2.45, 2.75) is 39.0 Å². The van der Waals surface area contributed by atoms with E-state index >= 15 is 0 Å². The van der Waals surface area contributed by atoms with E-state index in [0.29, 0.717) is 13.0 Å². The van der Waals surface area contributed by atoms with E-state index in [4.69, 9.17) is 0 Å². The second kappa shape index (κ2) is 9.74. The Morgan fingerprint density at radius 2 is 1.81 bits per heavy atom. The summed E-state index contributed by atoms with van der Waals surface area (Å²) >= 11 is 0. The maximum absolute atomic E-state index is 11.4. The van der Waals surface area contributed by atoms with Gasteiger partial charge >= 0.3 is 0 Å². The summed E-state index contributed by atoms with van der Waals surface area (Å²) in [5.74, 6) is 0.125. The fourth-order valence-corrected chi connectivity index (χ4v) is 1.84. The first-order valence-electron chi connectivity index (χ1n) is 7.38. The molecule has 0 aliphatic rings. The Bertz CT molecular complexity index is 446. The zero-order valence-electron chi connectivity index (χ0n) is 12.4. The highest BCUT2D eigenvalue weighted by Gasteiger charge is 2.03. The first-order valence-corrected chi connectivity index (χ1v) is 7.38. The normalized spacial score (nSPS) is 10.1. The highest BCUT2D eigenvalue weighted by Crippen LogP contribution is 2.15. The standard InChI is InChI=1S/C15H23N3O3/c1-2-3-6-15(19)17-12-5-4-11-16-13-7-9-14(10-8-13)18(20)21/h7-10,16H,2-6,11-12H2,1H3,(H,17,19). The van der Waals surface area contributed by atoms with Crippen LogP contribution in [0.5, 0.6) is 0 Å². The molecule has 1 aromatic carbocycles. The predicted octanol–water partition coefficient (Wildman–Crippen LogP) is 3.09. The number of hydrogen-bond donors (Lipinski definition) is 2. The molecule has 0 aliphatic carbocycles.